The highest BCUT2D eigenvalue weighted by atomic mass is 16.4. The van der Waals surface area contributed by atoms with Crippen molar-refractivity contribution in [2.45, 2.75) is 191 Å². The molecular formula is C71H93N17O17. The van der Waals surface area contributed by atoms with Crippen molar-refractivity contribution in [2.24, 2.45) is 11.7 Å². The number of nitrogens with two attached hydrogens (primary N) is 1. The van der Waals surface area contributed by atoms with Gasteiger partial charge in [0.25, 0.3) is 17.7 Å². The van der Waals surface area contributed by atoms with Crippen molar-refractivity contribution in [3.8, 4) is 0 Å². The van der Waals surface area contributed by atoms with Crippen LogP contribution in [0.1, 0.15) is 147 Å². The Morgan fingerprint density at radius 1 is 0.552 bits per heavy atom. The van der Waals surface area contributed by atoms with E-state index in [0.29, 0.717) is 34.9 Å². The zero-order chi connectivity index (χ0) is 76.6. The van der Waals surface area contributed by atoms with Crippen LogP contribution in [0.2, 0.25) is 0 Å². The maximum absolute atomic E-state index is 14.9. The molecule has 564 valence electrons. The molecule has 34 heteroatoms. The van der Waals surface area contributed by atoms with E-state index in [4.69, 9.17) is 5.73 Å². The van der Waals surface area contributed by atoms with Crippen molar-refractivity contribution >= 4 is 99.6 Å². The second kappa shape index (κ2) is 38.6. The van der Waals surface area contributed by atoms with E-state index in [1.54, 1.807) is 74.6 Å². The number of para-hydroxylation sites is 1. The van der Waals surface area contributed by atoms with Gasteiger partial charge in [0.05, 0.1) is 18.1 Å². The van der Waals surface area contributed by atoms with E-state index in [-0.39, 0.29) is 86.2 Å². The number of unbranched alkanes of at least 4 members (excludes halogenated alkanes) is 1. The molecule has 19 N–H and O–H groups in total. The normalized spacial score (nSPS) is 24.3. The van der Waals surface area contributed by atoms with Crippen LogP contribution in [0.3, 0.4) is 0 Å². The van der Waals surface area contributed by atoms with Gasteiger partial charge < -0.3 is 95.0 Å². The number of hydrogen-bond donors (Lipinski definition) is 18. The molecule has 3 aromatic carbocycles. The van der Waals surface area contributed by atoms with E-state index in [9.17, 15) is 82.1 Å². The lowest BCUT2D eigenvalue weighted by Crippen LogP contribution is -2.62. The van der Waals surface area contributed by atoms with Crippen LogP contribution in [0.5, 0.6) is 0 Å². The average Bonchev–Trinajstić information content (AvgIpc) is 1.75. The number of fused-ring (bicyclic) bond motifs is 9. The van der Waals surface area contributed by atoms with Gasteiger partial charge in [0.15, 0.2) is 0 Å². The molecule has 2 aliphatic heterocycles. The van der Waals surface area contributed by atoms with E-state index in [1.165, 1.54) is 26.4 Å². The number of aliphatic carboxylic acids is 1. The third-order valence-corrected chi connectivity index (χ3v) is 17.6. The number of benzene rings is 3. The van der Waals surface area contributed by atoms with Crippen molar-refractivity contribution in [1.29, 1.82) is 0 Å². The number of aliphatic hydroxyl groups excluding tert-OH is 1. The molecule has 1 unspecified atom stereocenters. The lowest BCUT2D eigenvalue weighted by atomic mass is 10.0. The Balaban J connectivity index is 1.35. The van der Waals surface area contributed by atoms with Crippen LogP contribution in [-0.2, 0) is 76.8 Å². The van der Waals surface area contributed by atoms with Gasteiger partial charge in [-0.1, -0.05) is 82.1 Å². The van der Waals surface area contributed by atoms with Crippen LogP contribution in [0.15, 0.2) is 91.5 Å². The fourth-order valence-corrected chi connectivity index (χ4v) is 11.7. The molecule has 12 atom stereocenters. The summed E-state index contributed by atoms with van der Waals surface area (Å²) >= 11 is 0. The fourth-order valence-electron chi connectivity index (χ4n) is 11.7. The Kier molecular flexibility index (Phi) is 29.7. The minimum Gasteiger partial charge on any atom is -0.481 e. The molecule has 0 spiro atoms. The summed E-state index contributed by atoms with van der Waals surface area (Å²) in [6.07, 6.45) is 0.847. The number of imidazole rings is 1. The van der Waals surface area contributed by atoms with Gasteiger partial charge in [-0.25, -0.2) is 4.98 Å². The first kappa shape index (κ1) is 80.7. The molecule has 14 amide bonds. The number of primary amides is 1. The summed E-state index contributed by atoms with van der Waals surface area (Å²) in [5.41, 5.74) is 6.60. The monoisotopic (exact) mass is 1460 g/mol. The Labute approximate surface area is 604 Å². The van der Waals surface area contributed by atoms with Crippen molar-refractivity contribution < 1.29 is 82.1 Å². The molecule has 4 heterocycles. The Morgan fingerprint density at radius 3 is 1.73 bits per heavy atom. The quantitative estimate of drug-likeness (QED) is 0.0520. The highest BCUT2D eigenvalue weighted by molar-refractivity contribution is 6.06. The van der Waals surface area contributed by atoms with Crippen LogP contribution in [-0.4, -0.2) is 199 Å². The number of amides is 14. The zero-order valence-electron chi connectivity index (χ0n) is 59.1. The highest BCUT2D eigenvalue weighted by Gasteiger charge is 2.38. The number of hydrogen-bond acceptors (Lipinski definition) is 17. The molecule has 5 aromatic rings. The molecule has 0 radical (unpaired) electrons. The van der Waals surface area contributed by atoms with Gasteiger partial charge in [0, 0.05) is 78.8 Å². The third-order valence-electron chi connectivity index (χ3n) is 17.6. The minimum absolute atomic E-state index is 0.00781. The first-order valence-corrected chi connectivity index (χ1v) is 34.8. The summed E-state index contributed by atoms with van der Waals surface area (Å²) in [7, 11) is 0. The van der Waals surface area contributed by atoms with Crippen molar-refractivity contribution in [2.75, 3.05) is 13.1 Å². The fraction of sp³-hybridized carbons (Fsp3) is 0.465. The SMILES string of the molecule is CCCC[C@@H]1NC(=O)[C@@H]2CCCCNC(=O)c3cc(cc(c3)C(=O)N[C@@H](C)C(=O)N[C@H](Cc3ccccc3)C(=O)N[C@@H](Cc3c[nH]c4ccccc34)C(=O)N[C@H](C(C)O)C(=O)N[C@H](CCC(=O)O)C(=O)N2)C(=O)NC[C@@H](C(N)=O)NC(=O)[C@H](Cc2c[nH]cn2)NC(=O)[C@H](C)NC(=O)[C@@H](CC(C)C)NC1=O. The van der Waals surface area contributed by atoms with Gasteiger partial charge in [-0.15, -0.1) is 0 Å². The summed E-state index contributed by atoms with van der Waals surface area (Å²) in [6.45, 7) is 8.11. The smallest absolute Gasteiger partial charge is 0.303 e. The summed E-state index contributed by atoms with van der Waals surface area (Å²) in [4.78, 5) is 224. The molecule has 105 heavy (non-hydrogen) atoms. The number of aromatic nitrogens is 3. The predicted molar refractivity (Wildman–Crippen MR) is 378 cm³/mol. The molecule has 7 rings (SSSR count). The number of nitrogens with one attached hydrogen (secondary N) is 15. The Hall–Kier alpha value is -11.6. The number of aromatic amines is 2. The summed E-state index contributed by atoms with van der Waals surface area (Å²) in [5.74, 6) is -15.8. The Bertz CT molecular complexity index is 3980. The van der Waals surface area contributed by atoms with E-state index in [1.807, 2.05) is 6.92 Å². The minimum atomic E-state index is -1.94. The number of carbonyl (C=O) groups excluding carboxylic acids is 14. The zero-order valence-corrected chi connectivity index (χ0v) is 59.1. The van der Waals surface area contributed by atoms with E-state index in [2.05, 4.69) is 84.1 Å². The molecule has 4 bridgehead atoms. The molecule has 0 fully saturated rings. The lowest BCUT2D eigenvalue weighted by Gasteiger charge is -2.29. The van der Waals surface area contributed by atoms with Crippen LogP contribution in [0.25, 0.3) is 10.9 Å². The van der Waals surface area contributed by atoms with Gasteiger partial charge in [-0.2, -0.15) is 0 Å². The molecule has 0 aliphatic carbocycles. The first-order valence-electron chi connectivity index (χ1n) is 34.8. The number of nitrogens with zero attached hydrogens (tertiary/aromatic N) is 1. The van der Waals surface area contributed by atoms with Gasteiger partial charge in [-0.05, 0) is 101 Å². The standard InChI is InChI=1S/C71H93N17O17/c1-7-8-19-48-65(99)85-51(25-36(2)3)67(101)79-38(5)60(94)84-54(31-45-33-73-35-77-45)69(103)87-55(58(72)92)34-76-62(96)42-27-41-28-43(29-42)63(97)78-37(4)59(93)83-52(26-40-16-10-9-11-17-40)68(102)86-53(30-44-32-75-47-20-13-12-18-46(44)47)70(104)88-57(39(6)89)71(105)82-50(22-23-56(90)91)66(100)81-49(64(98)80-48)21-14-15-24-74-61(41)95/h9-13,16-18,20,27-29,32-33,35-39,48-55,57,75,89H,7-8,14-15,19,21-26,30-31,34H2,1-6H3,(H2,72,92)(H,73,77)(H,74,95)(H,76,96)(H,78,97)(H,79,101)(H,80,98)(H,81,100)(H,82,105)(H,83,93)(H,84,94)(H,85,99)(H,86,102)(H,87,103)(H,88,104)(H,90,91)/t37-,38-,39?,48-,49-,50+,51+,52+,53-,54-,55-,57+/m0/s1. The van der Waals surface area contributed by atoms with Gasteiger partial charge >= 0.3 is 5.97 Å². The molecule has 34 nitrogen and oxygen atoms in total. The second-order valence-corrected chi connectivity index (χ2v) is 26.5. The lowest BCUT2D eigenvalue weighted by molar-refractivity contribution is -0.139. The number of carboxylic acid groups (broad SMARTS) is 1. The summed E-state index contributed by atoms with van der Waals surface area (Å²) in [6, 6.07) is 1.09. The molecule has 0 saturated carbocycles. The van der Waals surface area contributed by atoms with Crippen molar-refractivity contribution in [1.82, 2.24) is 84.1 Å². The summed E-state index contributed by atoms with van der Waals surface area (Å²) in [5, 5.41) is 55.3. The maximum atomic E-state index is 14.9. The number of carboxylic acids is 1. The van der Waals surface area contributed by atoms with E-state index < -0.39 is 181 Å². The van der Waals surface area contributed by atoms with Gasteiger partial charge in [-0.3, -0.25) is 71.9 Å². The second-order valence-electron chi connectivity index (χ2n) is 26.5. The van der Waals surface area contributed by atoms with Crippen LogP contribution in [0.4, 0.5) is 0 Å². The van der Waals surface area contributed by atoms with Gasteiger partial charge in [0.2, 0.25) is 65.0 Å². The molecule has 0 saturated heterocycles. The summed E-state index contributed by atoms with van der Waals surface area (Å²) < 4.78 is 0. The largest absolute Gasteiger partial charge is 0.481 e. The number of carbonyl (C=O) groups is 15. The number of H-pyrrole nitrogens is 2. The van der Waals surface area contributed by atoms with Crippen LogP contribution < -0.4 is 74.9 Å². The Morgan fingerprint density at radius 2 is 1.10 bits per heavy atom. The van der Waals surface area contributed by atoms with E-state index in [0.717, 1.165) is 25.1 Å². The van der Waals surface area contributed by atoms with Gasteiger partial charge in [0.1, 0.15) is 66.5 Å². The average molecular weight is 1460 g/mol. The van der Waals surface area contributed by atoms with E-state index >= 15 is 0 Å². The molecule has 2 aliphatic rings. The van der Waals surface area contributed by atoms with Crippen molar-refractivity contribution in [3.05, 3.63) is 125 Å². The van der Waals surface area contributed by atoms with Crippen molar-refractivity contribution in [3.63, 3.8) is 0 Å². The van der Waals surface area contributed by atoms with Crippen LogP contribution in [0, 0.1) is 5.92 Å². The van der Waals surface area contributed by atoms with Crippen LogP contribution >= 0.6 is 0 Å². The first-order chi connectivity index (χ1) is 50.0. The molecular weight excluding hydrogens is 1360 g/mol. The molecule has 2 aromatic heterocycles. The number of rotatable bonds is 16. The maximum Gasteiger partial charge on any atom is 0.303 e. The number of aliphatic hydroxyl groups is 1. The topological polar surface area (TPSA) is 523 Å². The highest BCUT2D eigenvalue weighted by Crippen LogP contribution is 2.21. The third kappa shape index (κ3) is 24.0. The predicted octanol–water partition coefficient (Wildman–Crippen LogP) is -1.77.